The van der Waals surface area contributed by atoms with Gasteiger partial charge in [0.25, 0.3) is 0 Å². The van der Waals surface area contributed by atoms with Crippen molar-refractivity contribution >= 4 is 51.9 Å². The Morgan fingerprint density at radius 2 is 1.80 bits per heavy atom. The van der Waals surface area contributed by atoms with Crippen LogP contribution in [0.25, 0.3) is 0 Å². The first-order valence-corrected chi connectivity index (χ1v) is 12.9. The minimum atomic E-state index is -5.73. The van der Waals surface area contributed by atoms with E-state index in [4.69, 9.17) is 25.2 Å². The number of halogens is 1. The highest BCUT2D eigenvalue weighted by atomic mass is 127. The standard InChI is InChI=1S/C9H15IN3O14P3/c10-9(13-2-1-5(11)12-8(13)16)7(15)6(14)4(25-9)3-24-29(20,21)27-30(22,23)26-28(17,18)19/h1-2,4,6-7,14-15H,3H2,(H,20,21)(H,22,23)(H2,11,12,16)(H2,17,18,19)/t4-,6-,7-,9+/m1/s1. The summed E-state index contributed by atoms with van der Waals surface area (Å²) in [6.07, 6.45) is -4.04. The molecule has 0 radical (unpaired) electrons. The molecule has 0 aromatic carbocycles. The minimum Gasteiger partial charge on any atom is -0.387 e. The molecule has 6 atom stereocenters. The largest absolute Gasteiger partial charge is 0.490 e. The molecule has 172 valence electrons. The fourth-order valence-electron chi connectivity index (χ4n) is 2.22. The molecular weight excluding hydrogens is 594 g/mol. The maximum absolute atomic E-state index is 12.0. The van der Waals surface area contributed by atoms with Crippen LogP contribution >= 0.6 is 46.1 Å². The van der Waals surface area contributed by atoms with Crippen LogP contribution in [-0.4, -0.2) is 64.3 Å². The molecule has 0 saturated carbocycles. The first-order chi connectivity index (χ1) is 13.5. The molecule has 1 aliphatic heterocycles. The Morgan fingerprint density at radius 1 is 1.20 bits per heavy atom. The highest BCUT2D eigenvalue weighted by molar-refractivity contribution is 14.1. The van der Waals surface area contributed by atoms with Gasteiger partial charge in [0.15, 0.2) is 0 Å². The molecule has 8 N–H and O–H groups in total. The van der Waals surface area contributed by atoms with Crippen LogP contribution in [0, 0.1) is 0 Å². The number of nitrogen functional groups attached to an aromatic ring is 1. The molecule has 21 heteroatoms. The van der Waals surface area contributed by atoms with Crippen LogP contribution in [0.4, 0.5) is 5.82 Å². The number of hydrogen-bond acceptors (Lipinski definition) is 12. The van der Waals surface area contributed by atoms with Crippen LogP contribution in [0.15, 0.2) is 17.1 Å². The van der Waals surface area contributed by atoms with Gasteiger partial charge in [-0.25, -0.2) is 18.5 Å². The quantitative estimate of drug-likeness (QED) is 0.0987. The highest BCUT2D eigenvalue weighted by Crippen LogP contribution is 2.66. The summed E-state index contributed by atoms with van der Waals surface area (Å²) in [6, 6.07) is 1.20. The fourth-order valence-corrected chi connectivity index (χ4v) is 6.31. The van der Waals surface area contributed by atoms with Gasteiger partial charge in [0.1, 0.15) is 24.1 Å². The fraction of sp³-hybridized carbons (Fsp3) is 0.556. The molecule has 0 aliphatic carbocycles. The van der Waals surface area contributed by atoms with Crippen LogP contribution in [0.5, 0.6) is 0 Å². The van der Waals surface area contributed by atoms with Gasteiger partial charge < -0.3 is 40.3 Å². The molecule has 1 saturated heterocycles. The Bertz CT molecular complexity index is 998. The lowest BCUT2D eigenvalue weighted by atomic mass is 10.1. The lowest BCUT2D eigenvalue weighted by molar-refractivity contribution is -0.0679. The zero-order valence-electron chi connectivity index (χ0n) is 14.2. The summed E-state index contributed by atoms with van der Waals surface area (Å²) in [6.45, 7) is -1.04. The van der Waals surface area contributed by atoms with Gasteiger partial charge in [-0.05, 0) is 28.7 Å². The zero-order valence-corrected chi connectivity index (χ0v) is 19.1. The molecule has 2 unspecified atom stereocenters. The van der Waals surface area contributed by atoms with E-state index in [9.17, 15) is 33.6 Å². The summed E-state index contributed by atoms with van der Waals surface area (Å²) < 4.78 is 49.2. The van der Waals surface area contributed by atoms with Crippen molar-refractivity contribution in [2.24, 2.45) is 0 Å². The van der Waals surface area contributed by atoms with Gasteiger partial charge in [0.05, 0.1) is 6.61 Å². The van der Waals surface area contributed by atoms with Gasteiger partial charge in [0, 0.05) is 6.20 Å². The second kappa shape index (κ2) is 8.92. The number of phosphoric acid groups is 3. The Labute approximate surface area is 180 Å². The highest BCUT2D eigenvalue weighted by Gasteiger charge is 2.55. The Kier molecular flexibility index (Phi) is 7.71. The van der Waals surface area contributed by atoms with E-state index in [1.54, 1.807) is 0 Å². The van der Waals surface area contributed by atoms with Gasteiger partial charge >= 0.3 is 29.2 Å². The number of nitrogens with zero attached hydrogens (tertiary/aromatic N) is 2. The first-order valence-electron chi connectivity index (χ1n) is 7.33. The van der Waals surface area contributed by atoms with Crippen LogP contribution in [0.1, 0.15) is 0 Å². The number of aliphatic hydroxyl groups excluding tert-OH is 2. The van der Waals surface area contributed by atoms with Crippen molar-refractivity contribution in [1.82, 2.24) is 9.55 Å². The number of alkyl halides is 1. The number of rotatable bonds is 8. The van der Waals surface area contributed by atoms with Crippen molar-refractivity contribution in [3.8, 4) is 0 Å². The van der Waals surface area contributed by atoms with Crippen molar-refractivity contribution in [1.29, 1.82) is 0 Å². The summed E-state index contributed by atoms with van der Waals surface area (Å²) in [7, 11) is -16.8. The van der Waals surface area contributed by atoms with E-state index in [0.29, 0.717) is 0 Å². The number of aliphatic hydroxyl groups is 2. The van der Waals surface area contributed by atoms with Gasteiger partial charge in [0.2, 0.25) is 3.73 Å². The minimum absolute atomic E-state index is 0.131. The Morgan fingerprint density at radius 3 is 2.33 bits per heavy atom. The average molecular weight is 609 g/mol. The molecule has 1 fully saturated rings. The monoisotopic (exact) mass is 609 g/mol. The van der Waals surface area contributed by atoms with Crippen LogP contribution in [-0.2, 0) is 35.3 Å². The average Bonchev–Trinajstić information content (AvgIpc) is 2.74. The second-order valence-electron chi connectivity index (χ2n) is 5.59. The van der Waals surface area contributed by atoms with Gasteiger partial charge in [-0.15, -0.1) is 0 Å². The molecule has 0 spiro atoms. The first kappa shape index (κ1) is 26.0. The van der Waals surface area contributed by atoms with E-state index in [1.807, 2.05) is 0 Å². The third kappa shape index (κ3) is 6.36. The van der Waals surface area contributed by atoms with E-state index in [-0.39, 0.29) is 5.82 Å². The number of anilines is 1. The number of phosphoric ester groups is 1. The molecule has 0 bridgehead atoms. The molecule has 30 heavy (non-hydrogen) atoms. The van der Waals surface area contributed by atoms with Gasteiger partial charge in [-0.2, -0.15) is 13.6 Å². The predicted molar refractivity (Wildman–Crippen MR) is 102 cm³/mol. The van der Waals surface area contributed by atoms with E-state index < -0.39 is 57.8 Å². The maximum Gasteiger partial charge on any atom is 0.490 e. The van der Waals surface area contributed by atoms with Crippen molar-refractivity contribution in [2.45, 2.75) is 22.0 Å². The van der Waals surface area contributed by atoms with Crippen molar-refractivity contribution in [2.75, 3.05) is 12.3 Å². The smallest absolute Gasteiger partial charge is 0.387 e. The number of ether oxygens (including phenoxy) is 1. The van der Waals surface area contributed by atoms with E-state index in [2.05, 4.69) is 18.1 Å². The summed E-state index contributed by atoms with van der Waals surface area (Å²) in [4.78, 5) is 50.9. The van der Waals surface area contributed by atoms with E-state index in [0.717, 1.165) is 10.8 Å². The second-order valence-corrected chi connectivity index (χ2v) is 11.6. The third-order valence-electron chi connectivity index (χ3n) is 3.36. The molecule has 1 aliphatic rings. The molecular formula is C9H15IN3O14P3. The summed E-state index contributed by atoms with van der Waals surface area (Å²) in [5.41, 5.74) is 4.41. The van der Waals surface area contributed by atoms with Crippen LogP contribution in [0.2, 0.25) is 0 Å². The molecule has 2 rings (SSSR count). The van der Waals surface area contributed by atoms with Crippen molar-refractivity contribution < 1.29 is 61.4 Å². The SMILES string of the molecule is Nc1ccn([C@]2(I)O[C@H](COP(=O)(O)OP(=O)(O)OP(=O)(O)O)[C@@H](O)[C@H]2O)c(=O)n1. The normalized spacial score (nSPS) is 31.2. The maximum atomic E-state index is 12.0. The van der Waals surface area contributed by atoms with E-state index in [1.165, 1.54) is 28.7 Å². The van der Waals surface area contributed by atoms with Gasteiger partial charge in [-0.3, -0.25) is 9.09 Å². The van der Waals surface area contributed by atoms with E-state index >= 15 is 0 Å². The molecule has 2 heterocycles. The Balaban J connectivity index is 2.12. The Hall–Kier alpha value is -0.300. The molecule has 1 aromatic rings. The summed E-state index contributed by atoms with van der Waals surface area (Å²) >= 11 is 1.46. The summed E-state index contributed by atoms with van der Waals surface area (Å²) in [5, 5.41) is 20.4. The van der Waals surface area contributed by atoms with Crippen LogP contribution < -0.4 is 11.4 Å². The number of hydrogen-bond donors (Lipinski definition) is 7. The molecule has 1 aromatic heterocycles. The zero-order chi connectivity index (χ0) is 23.1. The molecule has 0 amide bonds. The summed E-state index contributed by atoms with van der Waals surface area (Å²) in [5.74, 6) is -0.131. The predicted octanol–water partition coefficient (Wildman–Crippen LogP) is -1.67. The number of nitrogens with two attached hydrogens (primary N) is 1. The van der Waals surface area contributed by atoms with Crippen LogP contribution in [0.3, 0.4) is 0 Å². The van der Waals surface area contributed by atoms with Gasteiger partial charge in [-0.1, -0.05) is 0 Å². The number of aromatic nitrogens is 2. The van der Waals surface area contributed by atoms with Crippen molar-refractivity contribution in [3.63, 3.8) is 0 Å². The molecule has 17 nitrogen and oxygen atoms in total. The lowest BCUT2D eigenvalue weighted by Crippen LogP contribution is -2.46. The van der Waals surface area contributed by atoms with Crippen molar-refractivity contribution in [3.05, 3.63) is 22.7 Å². The lowest BCUT2D eigenvalue weighted by Gasteiger charge is -2.27. The topological polar surface area (TPSA) is 270 Å². The third-order valence-corrected chi connectivity index (χ3v) is 8.57.